The molecule has 1 fully saturated rings. The van der Waals surface area contributed by atoms with Crippen molar-refractivity contribution < 1.29 is 9.59 Å². The van der Waals surface area contributed by atoms with Gasteiger partial charge in [0.1, 0.15) is 12.6 Å². The lowest BCUT2D eigenvalue weighted by Crippen LogP contribution is -2.63. The normalized spacial score (nSPS) is 17.8. The van der Waals surface area contributed by atoms with Crippen LogP contribution in [0.25, 0.3) is 0 Å². The highest BCUT2D eigenvalue weighted by atomic mass is 16.2. The van der Waals surface area contributed by atoms with Crippen molar-refractivity contribution in [3.05, 3.63) is 35.9 Å². The molecule has 1 heterocycles. The summed E-state index contributed by atoms with van der Waals surface area (Å²) in [7, 11) is 0. The zero-order valence-electron chi connectivity index (χ0n) is 9.80. The molecule has 0 bridgehead atoms. The maximum Gasteiger partial charge on any atom is 0.247 e. The Balaban J connectivity index is 1.80. The highest BCUT2D eigenvalue weighted by Gasteiger charge is 2.37. The quantitative estimate of drug-likeness (QED) is 0.601. The number of amides is 2. The van der Waals surface area contributed by atoms with Crippen molar-refractivity contribution in [2.75, 3.05) is 13.1 Å². The molecule has 1 unspecified atom stereocenters. The summed E-state index contributed by atoms with van der Waals surface area (Å²) >= 11 is 0. The van der Waals surface area contributed by atoms with Crippen LogP contribution in [0, 0.1) is 11.3 Å². The summed E-state index contributed by atoms with van der Waals surface area (Å²) in [5, 5.41) is 11.1. The third-order valence-corrected chi connectivity index (χ3v) is 2.82. The predicted octanol–water partition coefficient (Wildman–Crippen LogP) is 0.0797. The lowest BCUT2D eigenvalue weighted by molar-refractivity contribution is -0.145. The molecule has 1 atom stereocenters. The first-order chi connectivity index (χ1) is 8.70. The van der Waals surface area contributed by atoms with Gasteiger partial charge in [-0.1, -0.05) is 30.3 Å². The van der Waals surface area contributed by atoms with E-state index < -0.39 is 6.04 Å². The number of hydrogen-bond donors (Lipinski definition) is 1. The molecule has 5 heteroatoms. The van der Waals surface area contributed by atoms with Crippen molar-refractivity contribution in [2.45, 2.75) is 12.5 Å². The molecule has 0 spiro atoms. The van der Waals surface area contributed by atoms with Crippen LogP contribution in [0.4, 0.5) is 0 Å². The minimum absolute atomic E-state index is 0.0872. The smallest absolute Gasteiger partial charge is 0.247 e. The number of carbonyl (C=O) groups excluding carboxylic acids is 2. The van der Waals surface area contributed by atoms with Gasteiger partial charge in [0.25, 0.3) is 0 Å². The van der Waals surface area contributed by atoms with E-state index in [0.29, 0.717) is 6.54 Å². The number of nitrogens with zero attached hydrogens (tertiary/aromatic N) is 2. The second-order valence-corrected chi connectivity index (χ2v) is 4.16. The lowest BCUT2D eigenvalue weighted by atomic mass is 10.1. The largest absolute Gasteiger partial charge is 0.342 e. The zero-order chi connectivity index (χ0) is 13.0. The second kappa shape index (κ2) is 5.32. The predicted molar refractivity (Wildman–Crippen MR) is 64.3 cm³/mol. The van der Waals surface area contributed by atoms with Crippen LogP contribution >= 0.6 is 0 Å². The first-order valence-corrected chi connectivity index (χ1v) is 5.69. The summed E-state index contributed by atoms with van der Waals surface area (Å²) in [6.07, 6.45) is 0.267. The standard InChI is InChI=1S/C13H13N3O2/c14-6-7-16-9-11(13(16)18)15-12(17)8-10-4-2-1-3-5-10/h1-5,11H,7-9H2,(H,15,17). The summed E-state index contributed by atoms with van der Waals surface area (Å²) < 4.78 is 0. The lowest BCUT2D eigenvalue weighted by Gasteiger charge is -2.36. The maximum absolute atomic E-state index is 11.7. The maximum atomic E-state index is 11.7. The molecule has 0 radical (unpaired) electrons. The fourth-order valence-corrected chi connectivity index (χ4v) is 1.86. The average Bonchev–Trinajstić information content (AvgIpc) is 2.38. The molecule has 2 amide bonds. The van der Waals surface area contributed by atoms with Crippen LogP contribution in [-0.2, 0) is 16.0 Å². The summed E-state index contributed by atoms with van der Waals surface area (Å²) in [6, 6.07) is 10.8. The Hall–Kier alpha value is -2.35. The Morgan fingerprint density at radius 2 is 2.17 bits per heavy atom. The van der Waals surface area contributed by atoms with Crippen LogP contribution in [0.15, 0.2) is 30.3 Å². The Bertz CT molecular complexity index is 493. The third-order valence-electron chi connectivity index (χ3n) is 2.82. The molecule has 2 rings (SSSR count). The van der Waals surface area contributed by atoms with Gasteiger partial charge in [-0.2, -0.15) is 5.26 Å². The van der Waals surface area contributed by atoms with Gasteiger partial charge in [-0.15, -0.1) is 0 Å². The van der Waals surface area contributed by atoms with Gasteiger partial charge < -0.3 is 10.2 Å². The fourth-order valence-electron chi connectivity index (χ4n) is 1.86. The van der Waals surface area contributed by atoms with Crippen LogP contribution in [0.2, 0.25) is 0 Å². The molecule has 0 aromatic heterocycles. The topological polar surface area (TPSA) is 73.2 Å². The van der Waals surface area contributed by atoms with Crippen molar-refractivity contribution in [1.29, 1.82) is 5.26 Å². The van der Waals surface area contributed by atoms with Crippen LogP contribution in [0.1, 0.15) is 5.56 Å². The molecular formula is C13H13N3O2. The Morgan fingerprint density at radius 3 is 2.78 bits per heavy atom. The van der Waals surface area contributed by atoms with E-state index in [1.165, 1.54) is 4.90 Å². The monoisotopic (exact) mass is 243 g/mol. The van der Waals surface area contributed by atoms with Crippen LogP contribution < -0.4 is 5.32 Å². The number of rotatable bonds is 4. The van der Waals surface area contributed by atoms with Gasteiger partial charge in [0.05, 0.1) is 19.0 Å². The Labute approximate surface area is 105 Å². The van der Waals surface area contributed by atoms with E-state index in [1.807, 2.05) is 36.4 Å². The van der Waals surface area contributed by atoms with E-state index in [4.69, 9.17) is 5.26 Å². The number of nitriles is 1. The van der Waals surface area contributed by atoms with Gasteiger partial charge in [-0.3, -0.25) is 9.59 Å². The van der Waals surface area contributed by atoms with Gasteiger partial charge in [-0.25, -0.2) is 0 Å². The molecule has 92 valence electrons. The molecule has 1 aromatic carbocycles. The number of hydrogen-bond acceptors (Lipinski definition) is 3. The number of nitrogens with one attached hydrogen (secondary N) is 1. The summed E-state index contributed by atoms with van der Waals surface area (Å²) in [5.41, 5.74) is 0.913. The molecule has 0 saturated carbocycles. The molecule has 1 aromatic rings. The molecule has 1 aliphatic heterocycles. The Morgan fingerprint density at radius 1 is 1.44 bits per heavy atom. The number of benzene rings is 1. The van der Waals surface area contributed by atoms with E-state index in [0.717, 1.165) is 5.56 Å². The minimum atomic E-state index is -0.463. The van der Waals surface area contributed by atoms with Gasteiger partial charge >= 0.3 is 0 Å². The van der Waals surface area contributed by atoms with Crippen molar-refractivity contribution in [1.82, 2.24) is 10.2 Å². The third kappa shape index (κ3) is 2.66. The van der Waals surface area contributed by atoms with Crippen molar-refractivity contribution in [2.24, 2.45) is 0 Å². The average molecular weight is 243 g/mol. The van der Waals surface area contributed by atoms with Crippen LogP contribution in [0.3, 0.4) is 0 Å². The van der Waals surface area contributed by atoms with Crippen molar-refractivity contribution >= 4 is 11.8 Å². The molecule has 1 N–H and O–H groups in total. The van der Waals surface area contributed by atoms with Gasteiger partial charge in [0, 0.05) is 0 Å². The number of β-lactam (4-membered cyclic amide) rings is 1. The zero-order valence-corrected chi connectivity index (χ0v) is 9.80. The SMILES string of the molecule is N#CCN1CC(NC(=O)Cc2ccccc2)C1=O. The molecule has 5 nitrogen and oxygen atoms in total. The van der Waals surface area contributed by atoms with E-state index >= 15 is 0 Å². The molecule has 0 aliphatic carbocycles. The van der Waals surface area contributed by atoms with E-state index in [1.54, 1.807) is 0 Å². The van der Waals surface area contributed by atoms with E-state index in [9.17, 15) is 9.59 Å². The summed E-state index contributed by atoms with van der Waals surface area (Å²) in [4.78, 5) is 24.6. The van der Waals surface area contributed by atoms with E-state index in [-0.39, 0.29) is 24.8 Å². The number of likely N-dealkylation sites (tertiary alicyclic amines) is 1. The first kappa shape index (κ1) is 12.1. The fraction of sp³-hybridized carbons (Fsp3) is 0.308. The summed E-state index contributed by atoms with van der Waals surface area (Å²) in [5.74, 6) is -0.353. The molecule has 1 aliphatic rings. The molecular weight excluding hydrogens is 230 g/mol. The highest BCUT2D eigenvalue weighted by Crippen LogP contribution is 2.09. The highest BCUT2D eigenvalue weighted by molar-refractivity contribution is 5.92. The molecule has 18 heavy (non-hydrogen) atoms. The van der Waals surface area contributed by atoms with Crippen molar-refractivity contribution in [3.8, 4) is 6.07 Å². The Kier molecular flexibility index (Phi) is 3.58. The molecule has 1 saturated heterocycles. The minimum Gasteiger partial charge on any atom is -0.342 e. The second-order valence-electron chi connectivity index (χ2n) is 4.16. The van der Waals surface area contributed by atoms with Gasteiger partial charge in [0.2, 0.25) is 11.8 Å². The van der Waals surface area contributed by atoms with Gasteiger partial charge in [0.15, 0.2) is 0 Å². The van der Waals surface area contributed by atoms with E-state index in [2.05, 4.69) is 5.32 Å². The van der Waals surface area contributed by atoms with Crippen molar-refractivity contribution in [3.63, 3.8) is 0 Å². The summed E-state index contributed by atoms with van der Waals surface area (Å²) in [6.45, 7) is 0.511. The van der Waals surface area contributed by atoms with Crippen LogP contribution in [-0.4, -0.2) is 35.8 Å². The number of carbonyl (C=O) groups is 2. The van der Waals surface area contributed by atoms with Gasteiger partial charge in [-0.05, 0) is 5.56 Å². The van der Waals surface area contributed by atoms with Crippen LogP contribution in [0.5, 0.6) is 0 Å². The first-order valence-electron chi connectivity index (χ1n) is 5.69.